The first-order valence-electron chi connectivity index (χ1n) is 4.33. The molecule has 0 nitrogen and oxygen atoms in total. The van der Waals surface area contributed by atoms with Gasteiger partial charge < -0.3 is 0 Å². The molecule has 0 saturated heterocycles. The molecular formula is C12H11P. The van der Waals surface area contributed by atoms with E-state index in [4.69, 9.17) is 0 Å². The van der Waals surface area contributed by atoms with Gasteiger partial charge in [-0.2, -0.15) is 0 Å². The molecule has 0 fully saturated rings. The summed E-state index contributed by atoms with van der Waals surface area (Å²) >= 11 is 0. The molecule has 0 aliphatic heterocycles. The Morgan fingerprint density at radius 2 is 1.69 bits per heavy atom. The molecular weight excluding hydrogens is 175 g/mol. The van der Waals surface area contributed by atoms with Crippen molar-refractivity contribution in [3.8, 4) is 11.1 Å². The molecule has 1 aromatic carbocycles. The van der Waals surface area contributed by atoms with Gasteiger partial charge in [0.15, 0.2) is 0 Å². The van der Waals surface area contributed by atoms with E-state index in [2.05, 4.69) is 48.9 Å². The summed E-state index contributed by atoms with van der Waals surface area (Å²) in [5, 5.41) is 0. The number of rotatable bonds is 1. The van der Waals surface area contributed by atoms with Crippen LogP contribution in [0.4, 0.5) is 0 Å². The molecule has 2 rings (SSSR count). The number of hydrogen-bond acceptors (Lipinski definition) is 0. The molecule has 0 N–H and O–H groups in total. The second kappa shape index (κ2) is 3.72. The second-order valence-corrected chi connectivity index (χ2v) is 3.93. The SMILES string of the molecule is Cc1cpcc(-c2ccccc2)c1. The van der Waals surface area contributed by atoms with E-state index in [0.717, 1.165) is 0 Å². The smallest absolute Gasteiger partial charge is 0.0136 e. The number of benzene rings is 1. The van der Waals surface area contributed by atoms with Gasteiger partial charge in [0, 0.05) is 0 Å². The maximum absolute atomic E-state index is 2.24. The fourth-order valence-corrected chi connectivity index (χ4v) is 2.11. The Balaban J connectivity index is 2.48. The second-order valence-electron chi connectivity index (χ2n) is 3.12. The zero-order valence-electron chi connectivity index (χ0n) is 7.57. The third kappa shape index (κ3) is 1.96. The Labute approximate surface area is 80.4 Å². The zero-order valence-corrected chi connectivity index (χ0v) is 8.46. The van der Waals surface area contributed by atoms with Crippen molar-refractivity contribution in [3.05, 3.63) is 53.6 Å². The Morgan fingerprint density at radius 3 is 2.38 bits per heavy atom. The van der Waals surface area contributed by atoms with Crippen molar-refractivity contribution in [2.45, 2.75) is 6.92 Å². The highest BCUT2D eigenvalue weighted by Gasteiger charge is 1.95. The third-order valence-electron chi connectivity index (χ3n) is 1.98. The summed E-state index contributed by atoms with van der Waals surface area (Å²) < 4.78 is 0. The van der Waals surface area contributed by atoms with Gasteiger partial charge in [0.2, 0.25) is 0 Å². The normalized spacial score (nSPS) is 10.5. The van der Waals surface area contributed by atoms with Crippen molar-refractivity contribution in [2.75, 3.05) is 0 Å². The molecule has 0 amide bonds. The molecule has 0 atom stereocenters. The molecule has 13 heavy (non-hydrogen) atoms. The van der Waals surface area contributed by atoms with Crippen LogP contribution in [0.2, 0.25) is 0 Å². The average molecular weight is 186 g/mol. The van der Waals surface area contributed by atoms with Crippen molar-refractivity contribution in [1.82, 2.24) is 0 Å². The lowest BCUT2D eigenvalue weighted by Gasteiger charge is -2.00. The van der Waals surface area contributed by atoms with Gasteiger partial charge in [-0.1, -0.05) is 44.6 Å². The van der Waals surface area contributed by atoms with Gasteiger partial charge in [-0.15, -0.1) is 0 Å². The molecule has 2 aromatic rings. The Morgan fingerprint density at radius 1 is 0.923 bits per heavy atom. The highest BCUT2D eigenvalue weighted by molar-refractivity contribution is 7.28. The predicted molar refractivity (Wildman–Crippen MR) is 59.1 cm³/mol. The number of hydrogen-bond donors (Lipinski definition) is 0. The van der Waals surface area contributed by atoms with Crippen LogP contribution in [0.3, 0.4) is 0 Å². The van der Waals surface area contributed by atoms with Crippen LogP contribution in [0.1, 0.15) is 5.56 Å². The maximum Gasteiger partial charge on any atom is -0.0136 e. The number of aryl methyl sites for hydroxylation is 1. The maximum atomic E-state index is 2.24. The van der Waals surface area contributed by atoms with Crippen LogP contribution >= 0.6 is 8.19 Å². The fourth-order valence-electron chi connectivity index (χ4n) is 1.34. The molecule has 64 valence electrons. The van der Waals surface area contributed by atoms with Crippen LogP contribution < -0.4 is 0 Å². The molecule has 0 radical (unpaired) electrons. The monoisotopic (exact) mass is 186 g/mol. The van der Waals surface area contributed by atoms with E-state index in [0.29, 0.717) is 0 Å². The summed E-state index contributed by atoms with van der Waals surface area (Å²) in [5.41, 5.74) is 3.99. The van der Waals surface area contributed by atoms with E-state index in [1.807, 2.05) is 6.07 Å². The highest BCUT2D eigenvalue weighted by atomic mass is 31.0. The van der Waals surface area contributed by atoms with Crippen LogP contribution in [0.5, 0.6) is 0 Å². The minimum Gasteiger partial charge on any atom is -0.0756 e. The van der Waals surface area contributed by atoms with E-state index in [-0.39, 0.29) is 0 Å². The quantitative estimate of drug-likeness (QED) is 0.624. The molecule has 1 aromatic heterocycles. The molecule has 0 spiro atoms. The zero-order chi connectivity index (χ0) is 9.10. The van der Waals surface area contributed by atoms with Gasteiger partial charge in [0.25, 0.3) is 0 Å². The molecule has 0 bridgehead atoms. The van der Waals surface area contributed by atoms with Gasteiger partial charge >= 0.3 is 0 Å². The van der Waals surface area contributed by atoms with Crippen molar-refractivity contribution in [3.63, 3.8) is 0 Å². The van der Waals surface area contributed by atoms with Crippen molar-refractivity contribution in [1.29, 1.82) is 0 Å². The molecule has 0 unspecified atom stereocenters. The molecule has 0 saturated carbocycles. The van der Waals surface area contributed by atoms with Crippen LogP contribution in [-0.2, 0) is 0 Å². The van der Waals surface area contributed by atoms with E-state index in [1.54, 1.807) is 0 Å². The van der Waals surface area contributed by atoms with E-state index < -0.39 is 0 Å². The van der Waals surface area contributed by atoms with Crippen LogP contribution in [0.25, 0.3) is 11.1 Å². The summed E-state index contributed by atoms with van der Waals surface area (Å²) in [6, 6.07) is 12.7. The summed E-state index contributed by atoms with van der Waals surface area (Å²) in [7, 11) is 1.29. The first-order valence-corrected chi connectivity index (χ1v) is 5.36. The lowest BCUT2D eigenvalue weighted by Crippen LogP contribution is -1.75. The van der Waals surface area contributed by atoms with E-state index in [1.165, 1.54) is 24.9 Å². The highest BCUT2D eigenvalue weighted by Crippen LogP contribution is 2.23. The Bertz CT molecular complexity index is 393. The van der Waals surface area contributed by atoms with Gasteiger partial charge in [0.1, 0.15) is 0 Å². The molecule has 1 heterocycles. The summed E-state index contributed by atoms with van der Waals surface area (Å²) in [6.45, 7) is 2.14. The lowest BCUT2D eigenvalue weighted by atomic mass is 10.1. The van der Waals surface area contributed by atoms with Crippen molar-refractivity contribution in [2.24, 2.45) is 0 Å². The first-order chi connectivity index (χ1) is 6.36. The largest absolute Gasteiger partial charge is 0.0756 e. The van der Waals surface area contributed by atoms with E-state index in [9.17, 15) is 0 Å². The minimum absolute atomic E-state index is 1.29. The van der Waals surface area contributed by atoms with Crippen LogP contribution in [-0.4, -0.2) is 0 Å². The lowest BCUT2D eigenvalue weighted by molar-refractivity contribution is 1.52. The van der Waals surface area contributed by atoms with Gasteiger partial charge in [-0.3, -0.25) is 0 Å². The van der Waals surface area contributed by atoms with Crippen molar-refractivity contribution >= 4 is 8.19 Å². The minimum atomic E-state index is 1.29. The van der Waals surface area contributed by atoms with Gasteiger partial charge in [-0.25, -0.2) is 0 Å². The van der Waals surface area contributed by atoms with Crippen LogP contribution in [0.15, 0.2) is 48.0 Å². The third-order valence-corrected chi connectivity index (χ3v) is 2.97. The Hall–Kier alpha value is -1.13. The standard InChI is InChI=1S/C12H11P/c1-10-7-12(9-13-8-10)11-5-3-2-4-6-11/h2-9H,1H3. The van der Waals surface area contributed by atoms with Crippen molar-refractivity contribution < 1.29 is 0 Å². The predicted octanol–water partition coefficient (Wildman–Crippen LogP) is 4.24. The first kappa shape index (κ1) is 8.47. The summed E-state index contributed by atoms with van der Waals surface area (Å²) in [5.74, 6) is 4.45. The fraction of sp³-hybridized carbons (Fsp3) is 0.0833. The van der Waals surface area contributed by atoms with Gasteiger partial charge in [-0.05, 0) is 35.2 Å². The van der Waals surface area contributed by atoms with Gasteiger partial charge in [0.05, 0.1) is 0 Å². The summed E-state index contributed by atoms with van der Waals surface area (Å²) in [6.07, 6.45) is 0. The Kier molecular flexibility index (Phi) is 2.42. The van der Waals surface area contributed by atoms with E-state index >= 15 is 0 Å². The molecule has 0 aliphatic rings. The van der Waals surface area contributed by atoms with Crippen LogP contribution in [0, 0.1) is 6.92 Å². The topological polar surface area (TPSA) is 0 Å². The summed E-state index contributed by atoms with van der Waals surface area (Å²) in [4.78, 5) is 0. The molecule has 1 heteroatoms. The molecule has 0 aliphatic carbocycles. The average Bonchev–Trinajstić information content (AvgIpc) is 2.19.